The Kier molecular flexibility index (Phi) is 3.52. The van der Waals surface area contributed by atoms with Gasteiger partial charge in [0, 0.05) is 25.7 Å². The molecule has 1 aromatic rings. The van der Waals surface area contributed by atoms with E-state index in [0.717, 1.165) is 5.69 Å². The summed E-state index contributed by atoms with van der Waals surface area (Å²) in [6.45, 7) is 4.01. The Morgan fingerprint density at radius 3 is 3.00 bits per heavy atom. The van der Waals surface area contributed by atoms with Crippen LogP contribution in [0.2, 0.25) is 0 Å². The standard InChI is InChI=1S/C16H16N4O2/c1-2-3-16(21)19-4-5-20-12(9-19)10-22-15-7-13(18)11(8-17)6-14(15)20/h6-7,12H,4-5,9-10,18H2,1H3/t12-/m0/s1. The quantitative estimate of drug-likeness (QED) is 0.559. The van der Waals surface area contributed by atoms with Crippen molar-refractivity contribution in [3.05, 3.63) is 17.7 Å². The largest absolute Gasteiger partial charge is 0.489 e. The second-order valence-electron chi connectivity index (χ2n) is 5.30. The lowest BCUT2D eigenvalue weighted by atomic mass is 10.1. The molecule has 6 heteroatoms. The van der Waals surface area contributed by atoms with E-state index in [1.54, 1.807) is 24.0 Å². The number of anilines is 2. The maximum atomic E-state index is 11.9. The van der Waals surface area contributed by atoms with Crippen molar-refractivity contribution < 1.29 is 9.53 Å². The van der Waals surface area contributed by atoms with Crippen LogP contribution in [0, 0.1) is 23.2 Å². The van der Waals surface area contributed by atoms with Gasteiger partial charge in [-0.15, -0.1) is 0 Å². The molecule has 112 valence electrons. The Balaban J connectivity index is 1.87. The third-order valence-electron chi connectivity index (χ3n) is 3.99. The Labute approximate surface area is 129 Å². The van der Waals surface area contributed by atoms with Crippen LogP contribution in [-0.2, 0) is 4.79 Å². The van der Waals surface area contributed by atoms with Gasteiger partial charge in [0.15, 0.2) is 0 Å². The van der Waals surface area contributed by atoms with Crippen LogP contribution in [0.15, 0.2) is 12.1 Å². The summed E-state index contributed by atoms with van der Waals surface area (Å²) in [5.41, 5.74) is 7.57. The highest BCUT2D eigenvalue weighted by Gasteiger charge is 2.34. The van der Waals surface area contributed by atoms with Gasteiger partial charge in [0.25, 0.3) is 5.91 Å². The fraction of sp³-hybridized carbons (Fsp3) is 0.375. The first-order chi connectivity index (χ1) is 10.6. The third-order valence-corrected chi connectivity index (χ3v) is 3.99. The number of nitrogens with two attached hydrogens (primary N) is 1. The van der Waals surface area contributed by atoms with E-state index in [1.807, 2.05) is 0 Å². The van der Waals surface area contributed by atoms with Gasteiger partial charge in [-0.2, -0.15) is 5.26 Å². The van der Waals surface area contributed by atoms with Gasteiger partial charge in [-0.25, -0.2) is 0 Å². The lowest BCUT2D eigenvalue weighted by Crippen LogP contribution is -2.58. The second kappa shape index (κ2) is 5.50. The number of carbonyl (C=O) groups excluding carboxylic acids is 1. The number of nitrogens with zero attached hydrogens (tertiary/aromatic N) is 3. The molecular formula is C16H16N4O2. The zero-order valence-electron chi connectivity index (χ0n) is 12.3. The number of nitrogen functional groups attached to an aromatic ring is 1. The van der Waals surface area contributed by atoms with Crippen LogP contribution in [-0.4, -0.2) is 43.1 Å². The number of hydrogen-bond acceptors (Lipinski definition) is 5. The first-order valence-electron chi connectivity index (χ1n) is 7.08. The summed E-state index contributed by atoms with van der Waals surface area (Å²) in [6, 6.07) is 5.63. The minimum Gasteiger partial charge on any atom is -0.489 e. The van der Waals surface area contributed by atoms with Gasteiger partial charge >= 0.3 is 0 Å². The van der Waals surface area contributed by atoms with E-state index in [0.29, 0.717) is 43.2 Å². The predicted octanol–water partition coefficient (Wildman–Crippen LogP) is 0.573. The monoisotopic (exact) mass is 296 g/mol. The maximum Gasteiger partial charge on any atom is 0.298 e. The van der Waals surface area contributed by atoms with E-state index in [2.05, 4.69) is 22.8 Å². The smallest absolute Gasteiger partial charge is 0.298 e. The van der Waals surface area contributed by atoms with Gasteiger partial charge in [0.1, 0.15) is 18.4 Å². The molecule has 0 bridgehead atoms. The Morgan fingerprint density at radius 1 is 1.45 bits per heavy atom. The molecule has 1 atom stereocenters. The van der Waals surface area contributed by atoms with E-state index >= 15 is 0 Å². The van der Waals surface area contributed by atoms with Gasteiger partial charge < -0.3 is 20.3 Å². The van der Waals surface area contributed by atoms with Gasteiger partial charge in [-0.3, -0.25) is 4.79 Å². The summed E-state index contributed by atoms with van der Waals surface area (Å²) in [6.07, 6.45) is 0. The first-order valence-corrected chi connectivity index (χ1v) is 7.08. The fourth-order valence-corrected chi connectivity index (χ4v) is 2.89. The summed E-state index contributed by atoms with van der Waals surface area (Å²) >= 11 is 0. The summed E-state index contributed by atoms with van der Waals surface area (Å²) in [5.74, 6) is 5.76. The zero-order chi connectivity index (χ0) is 15.7. The zero-order valence-corrected chi connectivity index (χ0v) is 12.3. The summed E-state index contributed by atoms with van der Waals surface area (Å²) < 4.78 is 5.76. The number of piperazine rings is 1. The van der Waals surface area contributed by atoms with Crippen LogP contribution in [0.3, 0.4) is 0 Å². The van der Waals surface area contributed by atoms with Crippen molar-refractivity contribution in [2.75, 3.05) is 36.9 Å². The molecule has 2 heterocycles. The van der Waals surface area contributed by atoms with Crippen LogP contribution < -0.4 is 15.4 Å². The van der Waals surface area contributed by atoms with Crippen LogP contribution in [0.25, 0.3) is 0 Å². The molecule has 0 spiro atoms. The average molecular weight is 296 g/mol. The van der Waals surface area contributed by atoms with E-state index in [9.17, 15) is 4.79 Å². The van der Waals surface area contributed by atoms with E-state index < -0.39 is 0 Å². The van der Waals surface area contributed by atoms with Crippen molar-refractivity contribution in [2.45, 2.75) is 13.0 Å². The number of ether oxygens (including phenoxy) is 1. The van der Waals surface area contributed by atoms with Gasteiger partial charge in [-0.05, 0) is 18.9 Å². The third kappa shape index (κ3) is 2.29. The Morgan fingerprint density at radius 2 is 2.27 bits per heavy atom. The highest BCUT2D eigenvalue weighted by molar-refractivity contribution is 5.93. The van der Waals surface area contributed by atoms with Crippen LogP contribution in [0.1, 0.15) is 12.5 Å². The number of rotatable bonds is 0. The minimum absolute atomic E-state index is 0.0685. The van der Waals surface area contributed by atoms with Crippen LogP contribution >= 0.6 is 0 Å². The molecule has 2 N–H and O–H groups in total. The number of hydrogen-bond donors (Lipinski definition) is 1. The van der Waals surface area contributed by atoms with Crippen molar-refractivity contribution >= 4 is 17.3 Å². The molecule has 0 unspecified atom stereocenters. The highest BCUT2D eigenvalue weighted by Crippen LogP contribution is 2.38. The number of nitriles is 1. The molecule has 0 aliphatic carbocycles. The van der Waals surface area contributed by atoms with E-state index in [1.165, 1.54) is 0 Å². The molecule has 0 aromatic heterocycles. The first kappa shape index (κ1) is 14.1. The van der Waals surface area contributed by atoms with E-state index in [-0.39, 0.29) is 11.9 Å². The topological polar surface area (TPSA) is 82.6 Å². The molecule has 6 nitrogen and oxygen atoms in total. The number of carbonyl (C=O) groups is 1. The summed E-state index contributed by atoms with van der Waals surface area (Å²) in [4.78, 5) is 15.8. The molecular weight excluding hydrogens is 280 g/mol. The minimum atomic E-state index is -0.150. The Bertz CT molecular complexity index is 726. The molecule has 1 aromatic carbocycles. The van der Waals surface area contributed by atoms with E-state index in [4.69, 9.17) is 15.7 Å². The molecule has 3 rings (SSSR count). The molecule has 1 fully saturated rings. The lowest BCUT2D eigenvalue weighted by Gasteiger charge is -2.45. The molecule has 2 aliphatic heterocycles. The van der Waals surface area contributed by atoms with Gasteiger partial charge in [0.05, 0.1) is 23.0 Å². The molecule has 0 saturated carbocycles. The SMILES string of the molecule is CC#CC(=O)N1CCN2c3cc(C#N)c(N)cc3OC[C@@H]2C1. The summed E-state index contributed by atoms with van der Waals surface area (Å²) in [5, 5.41) is 9.13. The lowest BCUT2D eigenvalue weighted by molar-refractivity contribution is -0.126. The highest BCUT2D eigenvalue weighted by atomic mass is 16.5. The average Bonchev–Trinajstić information content (AvgIpc) is 2.53. The molecule has 0 radical (unpaired) electrons. The van der Waals surface area contributed by atoms with Crippen LogP contribution in [0.5, 0.6) is 5.75 Å². The molecule has 1 amide bonds. The van der Waals surface area contributed by atoms with Crippen molar-refractivity contribution in [2.24, 2.45) is 0 Å². The molecule has 22 heavy (non-hydrogen) atoms. The maximum absolute atomic E-state index is 11.9. The molecule has 1 saturated heterocycles. The van der Waals surface area contributed by atoms with Crippen molar-refractivity contribution in [3.63, 3.8) is 0 Å². The fourth-order valence-electron chi connectivity index (χ4n) is 2.89. The second-order valence-corrected chi connectivity index (χ2v) is 5.30. The van der Waals surface area contributed by atoms with Crippen LogP contribution in [0.4, 0.5) is 11.4 Å². The number of benzene rings is 1. The van der Waals surface area contributed by atoms with Crippen molar-refractivity contribution in [3.8, 4) is 23.7 Å². The predicted molar refractivity (Wildman–Crippen MR) is 82.2 cm³/mol. The van der Waals surface area contributed by atoms with Crippen molar-refractivity contribution in [1.29, 1.82) is 5.26 Å². The molecule has 2 aliphatic rings. The number of fused-ring (bicyclic) bond motifs is 3. The van der Waals surface area contributed by atoms with Gasteiger partial charge in [-0.1, -0.05) is 5.92 Å². The van der Waals surface area contributed by atoms with Crippen molar-refractivity contribution in [1.82, 2.24) is 4.90 Å². The normalized spacial score (nSPS) is 19.0. The Hall–Kier alpha value is -2.86. The van der Waals surface area contributed by atoms with Gasteiger partial charge in [0.2, 0.25) is 0 Å². The number of amides is 1. The summed E-state index contributed by atoms with van der Waals surface area (Å²) in [7, 11) is 0.